The minimum absolute atomic E-state index is 0.00179. The first kappa shape index (κ1) is 33.2. The van der Waals surface area contributed by atoms with Gasteiger partial charge in [-0.2, -0.15) is 0 Å². The van der Waals surface area contributed by atoms with Crippen LogP contribution >= 0.6 is 23.2 Å². The van der Waals surface area contributed by atoms with E-state index in [4.69, 9.17) is 27.9 Å². The van der Waals surface area contributed by atoms with E-state index in [1.54, 1.807) is 37.4 Å². The highest BCUT2D eigenvalue weighted by atomic mass is 35.5. The van der Waals surface area contributed by atoms with Crippen molar-refractivity contribution in [1.29, 1.82) is 0 Å². The van der Waals surface area contributed by atoms with Crippen LogP contribution in [0.5, 0.6) is 5.75 Å². The molecule has 42 heavy (non-hydrogen) atoms. The van der Waals surface area contributed by atoms with Crippen molar-refractivity contribution in [2.75, 3.05) is 24.5 Å². The number of carbonyl (C=O) groups excluding carboxylic acids is 2. The number of amides is 2. The van der Waals surface area contributed by atoms with Gasteiger partial charge in [0.15, 0.2) is 0 Å². The minimum Gasteiger partial charge on any atom is -0.497 e. The number of anilines is 1. The summed E-state index contributed by atoms with van der Waals surface area (Å²) in [5.41, 5.74) is 1.72. The van der Waals surface area contributed by atoms with Crippen molar-refractivity contribution in [3.63, 3.8) is 0 Å². The second-order valence-electron chi connectivity index (χ2n) is 10.4. The van der Waals surface area contributed by atoms with Gasteiger partial charge in [-0.3, -0.25) is 13.9 Å². The third-order valence-corrected chi connectivity index (χ3v) is 8.81. The molecule has 0 aliphatic heterocycles. The maximum atomic E-state index is 14.2. The minimum atomic E-state index is -4.24. The normalized spacial score (nSPS) is 12.1. The van der Waals surface area contributed by atoms with Gasteiger partial charge < -0.3 is 15.0 Å². The average Bonchev–Trinajstić information content (AvgIpc) is 2.94. The molecule has 3 aromatic carbocycles. The molecule has 0 heterocycles. The van der Waals surface area contributed by atoms with Crippen molar-refractivity contribution in [2.24, 2.45) is 5.92 Å². The molecule has 1 atom stereocenters. The molecule has 0 saturated heterocycles. The average molecular weight is 635 g/mol. The van der Waals surface area contributed by atoms with E-state index in [0.29, 0.717) is 18.7 Å². The van der Waals surface area contributed by atoms with E-state index in [-0.39, 0.29) is 39.0 Å². The van der Waals surface area contributed by atoms with Crippen molar-refractivity contribution < 1.29 is 22.7 Å². The Morgan fingerprint density at radius 3 is 2.19 bits per heavy atom. The molecule has 0 saturated carbocycles. The molecule has 0 aromatic heterocycles. The van der Waals surface area contributed by atoms with E-state index >= 15 is 0 Å². The molecule has 11 heteroatoms. The van der Waals surface area contributed by atoms with E-state index in [1.165, 1.54) is 35.2 Å². The van der Waals surface area contributed by atoms with E-state index in [0.717, 1.165) is 15.4 Å². The number of aryl methyl sites for hydroxylation is 1. The highest BCUT2D eigenvalue weighted by molar-refractivity contribution is 7.92. The molecule has 0 radical (unpaired) electrons. The third-order valence-electron chi connectivity index (χ3n) is 6.58. The van der Waals surface area contributed by atoms with Crippen LogP contribution in [0.15, 0.2) is 71.6 Å². The summed E-state index contributed by atoms with van der Waals surface area (Å²) in [6, 6.07) is 17.0. The number of carbonyl (C=O) groups is 2. The zero-order valence-electron chi connectivity index (χ0n) is 24.4. The summed E-state index contributed by atoms with van der Waals surface area (Å²) < 4.78 is 34.3. The van der Waals surface area contributed by atoms with E-state index in [9.17, 15) is 18.0 Å². The maximum Gasteiger partial charge on any atom is 0.264 e. The van der Waals surface area contributed by atoms with Gasteiger partial charge in [-0.25, -0.2) is 8.42 Å². The summed E-state index contributed by atoms with van der Waals surface area (Å²) in [5, 5.41) is 3.33. The number of methoxy groups -OCH3 is 1. The van der Waals surface area contributed by atoms with Crippen LogP contribution in [0.25, 0.3) is 0 Å². The Balaban J connectivity index is 2.09. The Kier molecular flexibility index (Phi) is 11.7. The molecule has 1 N–H and O–H groups in total. The van der Waals surface area contributed by atoms with Crippen LogP contribution in [0.3, 0.4) is 0 Å². The standard InChI is InChI=1S/C31H37Cl2N3O5S/c1-6-29(31(38)34-18-21(2)3)35(19-23-8-7-9-27(14-23)41-5)30(37)20-36(26-16-24(32)15-25(33)17-26)42(39,40)28-12-10-22(4)11-13-28/h7-17,21,29H,6,18-20H2,1-5H3,(H,34,38)/t29-/m0/s1. The van der Waals surface area contributed by atoms with Crippen LogP contribution in [0.2, 0.25) is 10.0 Å². The second kappa shape index (κ2) is 14.8. The quantitative estimate of drug-likeness (QED) is 0.246. The lowest BCUT2D eigenvalue weighted by Crippen LogP contribution is -2.52. The van der Waals surface area contributed by atoms with E-state index in [1.807, 2.05) is 33.8 Å². The van der Waals surface area contributed by atoms with Crippen LogP contribution in [-0.2, 0) is 26.2 Å². The Labute approximate surface area is 258 Å². The highest BCUT2D eigenvalue weighted by Gasteiger charge is 2.34. The Bertz CT molecular complexity index is 1480. The summed E-state index contributed by atoms with van der Waals surface area (Å²) in [5.74, 6) is -0.0941. The number of hydrogen-bond acceptors (Lipinski definition) is 5. The lowest BCUT2D eigenvalue weighted by molar-refractivity contribution is -0.140. The fourth-order valence-corrected chi connectivity index (χ4v) is 6.27. The number of benzene rings is 3. The van der Waals surface area contributed by atoms with Gasteiger partial charge in [0.25, 0.3) is 10.0 Å². The molecule has 3 rings (SSSR count). The smallest absolute Gasteiger partial charge is 0.264 e. The fraction of sp³-hybridized carbons (Fsp3) is 0.355. The topological polar surface area (TPSA) is 96.0 Å². The third kappa shape index (κ3) is 8.63. The zero-order valence-corrected chi connectivity index (χ0v) is 26.8. The first-order valence-corrected chi connectivity index (χ1v) is 15.8. The predicted molar refractivity (Wildman–Crippen MR) is 168 cm³/mol. The van der Waals surface area contributed by atoms with Gasteiger partial charge in [0, 0.05) is 23.1 Å². The molecule has 0 unspecified atom stereocenters. The van der Waals surface area contributed by atoms with Crippen LogP contribution in [0.1, 0.15) is 38.3 Å². The van der Waals surface area contributed by atoms with Gasteiger partial charge >= 0.3 is 0 Å². The first-order chi connectivity index (χ1) is 19.8. The molecule has 0 spiro atoms. The summed E-state index contributed by atoms with van der Waals surface area (Å²) in [6.07, 6.45) is 0.313. The van der Waals surface area contributed by atoms with E-state index in [2.05, 4.69) is 5.32 Å². The molecular weight excluding hydrogens is 597 g/mol. The Hall–Kier alpha value is -3.27. The summed E-state index contributed by atoms with van der Waals surface area (Å²) in [7, 11) is -2.70. The monoisotopic (exact) mass is 633 g/mol. The number of nitrogens with zero attached hydrogens (tertiary/aromatic N) is 2. The van der Waals surface area contributed by atoms with Gasteiger partial charge in [0.1, 0.15) is 18.3 Å². The molecule has 0 fully saturated rings. The first-order valence-electron chi connectivity index (χ1n) is 13.6. The summed E-state index contributed by atoms with van der Waals surface area (Å²) in [4.78, 5) is 28.9. The van der Waals surface area contributed by atoms with Crippen molar-refractivity contribution in [3.8, 4) is 5.75 Å². The number of nitrogens with one attached hydrogen (secondary N) is 1. The Morgan fingerprint density at radius 1 is 0.976 bits per heavy atom. The van der Waals surface area contributed by atoms with Gasteiger partial charge in [0.2, 0.25) is 11.8 Å². The summed E-state index contributed by atoms with van der Waals surface area (Å²) in [6.45, 7) is 7.51. The largest absolute Gasteiger partial charge is 0.497 e. The van der Waals surface area contributed by atoms with Crippen LogP contribution in [0, 0.1) is 12.8 Å². The van der Waals surface area contributed by atoms with Gasteiger partial charge in [-0.15, -0.1) is 0 Å². The lowest BCUT2D eigenvalue weighted by atomic mass is 10.1. The Morgan fingerprint density at radius 2 is 1.62 bits per heavy atom. The molecule has 0 aliphatic carbocycles. The van der Waals surface area contributed by atoms with Crippen LogP contribution < -0.4 is 14.4 Å². The number of rotatable bonds is 13. The highest BCUT2D eigenvalue weighted by Crippen LogP contribution is 2.30. The number of ether oxygens (including phenoxy) is 1. The number of halogens is 2. The van der Waals surface area contributed by atoms with Crippen molar-refractivity contribution in [2.45, 2.75) is 51.6 Å². The molecular formula is C31H37Cl2N3O5S. The maximum absolute atomic E-state index is 14.2. The van der Waals surface area contributed by atoms with E-state index < -0.39 is 28.5 Å². The van der Waals surface area contributed by atoms with Gasteiger partial charge in [-0.05, 0) is 67.3 Å². The molecule has 0 aliphatic rings. The molecule has 3 aromatic rings. The molecule has 2 amide bonds. The number of hydrogen-bond donors (Lipinski definition) is 1. The SMILES string of the molecule is CC[C@@H](C(=O)NCC(C)C)N(Cc1cccc(OC)c1)C(=O)CN(c1cc(Cl)cc(Cl)c1)S(=O)(=O)c1ccc(C)cc1. The van der Waals surface area contributed by atoms with Crippen molar-refractivity contribution in [3.05, 3.63) is 87.9 Å². The van der Waals surface area contributed by atoms with Crippen LogP contribution in [-0.4, -0.2) is 51.4 Å². The van der Waals surface area contributed by atoms with Crippen molar-refractivity contribution in [1.82, 2.24) is 10.2 Å². The van der Waals surface area contributed by atoms with Gasteiger partial charge in [-0.1, -0.05) is 73.8 Å². The van der Waals surface area contributed by atoms with Crippen LogP contribution in [0.4, 0.5) is 5.69 Å². The fourth-order valence-electron chi connectivity index (χ4n) is 4.36. The molecule has 0 bridgehead atoms. The van der Waals surface area contributed by atoms with Gasteiger partial charge in [0.05, 0.1) is 17.7 Å². The summed E-state index contributed by atoms with van der Waals surface area (Å²) >= 11 is 12.5. The molecule has 226 valence electrons. The number of sulfonamides is 1. The molecule has 8 nitrogen and oxygen atoms in total. The predicted octanol–water partition coefficient (Wildman–Crippen LogP) is 6.09. The van der Waals surface area contributed by atoms with Crippen molar-refractivity contribution >= 4 is 50.7 Å². The second-order valence-corrected chi connectivity index (χ2v) is 13.1. The zero-order chi connectivity index (χ0) is 31.0. The lowest BCUT2D eigenvalue weighted by Gasteiger charge is -2.33.